The van der Waals surface area contributed by atoms with E-state index in [0.29, 0.717) is 0 Å². The first kappa shape index (κ1) is 13.5. The molecular weight excluding hydrogens is 198 g/mol. The minimum Gasteiger partial charge on any atom is -0.315 e. The zero-order chi connectivity index (χ0) is 11.6. The first-order chi connectivity index (χ1) is 7.83. The van der Waals surface area contributed by atoms with E-state index in [1.54, 1.807) is 0 Å². The Morgan fingerprint density at radius 1 is 1.12 bits per heavy atom. The van der Waals surface area contributed by atoms with Crippen LogP contribution >= 0.6 is 0 Å². The van der Waals surface area contributed by atoms with Gasteiger partial charge in [0.25, 0.3) is 0 Å². The van der Waals surface area contributed by atoms with Crippen molar-refractivity contribution in [2.24, 2.45) is 0 Å². The molecule has 1 aliphatic rings. The summed E-state index contributed by atoms with van der Waals surface area (Å²) in [5.74, 6) is 2.67. The van der Waals surface area contributed by atoms with E-state index in [4.69, 9.17) is 6.42 Å². The average Bonchev–Trinajstić information content (AvgIpc) is 2.30. The van der Waals surface area contributed by atoms with Crippen LogP contribution in [0.2, 0.25) is 0 Å². The van der Waals surface area contributed by atoms with Crippen molar-refractivity contribution in [3.63, 3.8) is 0 Å². The first-order valence-electron chi connectivity index (χ1n) is 6.38. The molecule has 1 heterocycles. The van der Waals surface area contributed by atoms with Crippen LogP contribution in [0, 0.1) is 12.3 Å². The Morgan fingerprint density at radius 3 is 2.56 bits per heavy atom. The van der Waals surface area contributed by atoms with E-state index in [-0.39, 0.29) is 0 Å². The fraction of sp³-hybridized carbons (Fsp3) is 0.846. The van der Waals surface area contributed by atoms with Crippen LogP contribution < -0.4 is 5.32 Å². The highest BCUT2D eigenvalue weighted by Gasteiger charge is 2.12. The Labute approximate surface area is 100 Å². The fourth-order valence-corrected chi connectivity index (χ4v) is 1.91. The maximum absolute atomic E-state index is 5.20. The highest BCUT2D eigenvalue weighted by atomic mass is 15.2. The van der Waals surface area contributed by atoms with Gasteiger partial charge in [0.05, 0.1) is 0 Å². The molecule has 0 unspecified atom stereocenters. The number of rotatable bonds is 7. The van der Waals surface area contributed by atoms with Crippen molar-refractivity contribution >= 4 is 0 Å². The summed E-state index contributed by atoms with van der Waals surface area (Å²) in [7, 11) is 2.20. The van der Waals surface area contributed by atoms with E-state index < -0.39 is 0 Å². The van der Waals surface area contributed by atoms with Crippen LogP contribution in [0.1, 0.15) is 19.3 Å². The van der Waals surface area contributed by atoms with Crippen molar-refractivity contribution in [2.45, 2.75) is 19.3 Å². The standard InChI is InChI=1S/C13H25N3/c1-3-4-5-6-7-14-8-9-16-12-10-15(2)11-13-16/h1,14H,4-13H2,2H3. The number of nitrogens with zero attached hydrogens (tertiary/aromatic N) is 2. The molecule has 0 atom stereocenters. The predicted molar refractivity (Wildman–Crippen MR) is 69.5 cm³/mol. The van der Waals surface area contributed by atoms with Gasteiger partial charge in [-0.1, -0.05) is 0 Å². The molecule has 92 valence electrons. The minimum atomic E-state index is 0.917. The highest BCUT2D eigenvalue weighted by Crippen LogP contribution is 1.97. The van der Waals surface area contributed by atoms with Gasteiger partial charge in [-0.3, -0.25) is 4.90 Å². The summed E-state index contributed by atoms with van der Waals surface area (Å²) in [6.07, 6.45) is 8.47. The van der Waals surface area contributed by atoms with Crippen molar-refractivity contribution in [3.8, 4) is 12.3 Å². The topological polar surface area (TPSA) is 18.5 Å². The molecule has 3 heteroatoms. The van der Waals surface area contributed by atoms with Crippen LogP contribution in [0.5, 0.6) is 0 Å². The van der Waals surface area contributed by atoms with Crippen molar-refractivity contribution in [2.75, 3.05) is 52.9 Å². The van der Waals surface area contributed by atoms with Gasteiger partial charge in [-0.15, -0.1) is 12.3 Å². The molecule has 1 N–H and O–H groups in total. The SMILES string of the molecule is C#CCCCCNCCN1CCN(C)CC1. The van der Waals surface area contributed by atoms with E-state index in [1.807, 2.05) is 0 Å². The molecule has 0 radical (unpaired) electrons. The van der Waals surface area contributed by atoms with Gasteiger partial charge in [0.1, 0.15) is 0 Å². The van der Waals surface area contributed by atoms with Crippen LogP contribution in [0.25, 0.3) is 0 Å². The molecule has 1 fully saturated rings. The van der Waals surface area contributed by atoms with Gasteiger partial charge in [0, 0.05) is 45.7 Å². The largest absolute Gasteiger partial charge is 0.315 e. The van der Waals surface area contributed by atoms with E-state index in [9.17, 15) is 0 Å². The van der Waals surface area contributed by atoms with E-state index in [0.717, 1.165) is 25.9 Å². The van der Waals surface area contributed by atoms with Gasteiger partial charge < -0.3 is 10.2 Å². The average molecular weight is 223 g/mol. The van der Waals surface area contributed by atoms with Gasteiger partial charge >= 0.3 is 0 Å². The number of hydrogen-bond donors (Lipinski definition) is 1. The summed E-state index contributed by atoms with van der Waals surface area (Å²) in [5, 5.41) is 3.48. The Hall–Kier alpha value is -0.560. The lowest BCUT2D eigenvalue weighted by Gasteiger charge is -2.32. The third-order valence-electron chi connectivity index (χ3n) is 3.13. The van der Waals surface area contributed by atoms with Crippen molar-refractivity contribution in [1.82, 2.24) is 15.1 Å². The third kappa shape index (κ3) is 6.12. The van der Waals surface area contributed by atoms with Crippen LogP contribution in [-0.2, 0) is 0 Å². The fourth-order valence-electron chi connectivity index (χ4n) is 1.91. The monoisotopic (exact) mass is 223 g/mol. The minimum absolute atomic E-state index is 0.917. The second-order valence-corrected chi connectivity index (χ2v) is 4.56. The summed E-state index contributed by atoms with van der Waals surface area (Å²) in [6, 6.07) is 0. The number of terminal acetylenes is 1. The molecular formula is C13H25N3. The normalized spacial score (nSPS) is 18.5. The van der Waals surface area contributed by atoms with Crippen LogP contribution in [0.4, 0.5) is 0 Å². The Morgan fingerprint density at radius 2 is 1.88 bits per heavy atom. The quantitative estimate of drug-likeness (QED) is 0.504. The number of unbranched alkanes of at least 4 members (excludes halogenated alkanes) is 2. The van der Waals surface area contributed by atoms with Crippen molar-refractivity contribution in [3.05, 3.63) is 0 Å². The summed E-state index contributed by atoms with van der Waals surface area (Å²) < 4.78 is 0. The summed E-state index contributed by atoms with van der Waals surface area (Å²) >= 11 is 0. The summed E-state index contributed by atoms with van der Waals surface area (Å²) in [4.78, 5) is 4.93. The molecule has 1 aliphatic heterocycles. The number of likely N-dealkylation sites (N-methyl/N-ethyl adjacent to an activating group) is 1. The van der Waals surface area contributed by atoms with Gasteiger partial charge in [-0.2, -0.15) is 0 Å². The third-order valence-corrected chi connectivity index (χ3v) is 3.13. The molecule has 0 aromatic carbocycles. The zero-order valence-corrected chi connectivity index (χ0v) is 10.5. The van der Waals surface area contributed by atoms with E-state index >= 15 is 0 Å². The molecule has 0 aromatic rings. The lowest BCUT2D eigenvalue weighted by atomic mass is 10.2. The molecule has 0 amide bonds. The molecule has 16 heavy (non-hydrogen) atoms. The Kier molecular flexibility index (Phi) is 7.24. The lowest BCUT2D eigenvalue weighted by molar-refractivity contribution is 0.155. The zero-order valence-electron chi connectivity index (χ0n) is 10.5. The second kappa shape index (κ2) is 8.58. The predicted octanol–water partition coefficient (Wildman–Crippen LogP) is 0.627. The first-order valence-corrected chi connectivity index (χ1v) is 6.38. The molecule has 3 nitrogen and oxygen atoms in total. The van der Waals surface area contributed by atoms with Gasteiger partial charge in [-0.25, -0.2) is 0 Å². The van der Waals surface area contributed by atoms with Crippen LogP contribution in [0.15, 0.2) is 0 Å². The molecule has 1 rings (SSSR count). The van der Waals surface area contributed by atoms with Crippen LogP contribution in [0.3, 0.4) is 0 Å². The number of nitrogens with one attached hydrogen (secondary N) is 1. The van der Waals surface area contributed by atoms with E-state index in [1.165, 1.54) is 39.1 Å². The Balaban J connectivity index is 1.86. The maximum Gasteiger partial charge on any atom is 0.0110 e. The molecule has 0 spiro atoms. The summed E-state index contributed by atoms with van der Waals surface area (Å²) in [6.45, 7) is 8.26. The highest BCUT2D eigenvalue weighted by molar-refractivity contribution is 4.82. The molecule has 0 aliphatic carbocycles. The number of hydrogen-bond acceptors (Lipinski definition) is 3. The molecule has 0 bridgehead atoms. The lowest BCUT2D eigenvalue weighted by Crippen LogP contribution is -2.46. The smallest absolute Gasteiger partial charge is 0.0110 e. The van der Waals surface area contributed by atoms with E-state index in [2.05, 4.69) is 28.1 Å². The second-order valence-electron chi connectivity index (χ2n) is 4.56. The van der Waals surface area contributed by atoms with Crippen LogP contribution in [-0.4, -0.2) is 62.7 Å². The van der Waals surface area contributed by atoms with Gasteiger partial charge in [-0.05, 0) is 26.4 Å². The van der Waals surface area contributed by atoms with Crippen molar-refractivity contribution < 1.29 is 0 Å². The summed E-state index contributed by atoms with van der Waals surface area (Å²) in [5.41, 5.74) is 0. The van der Waals surface area contributed by atoms with Gasteiger partial charge in [0.2, 0.25) is 0 Å². The van der Waals surface area contributed by atoms with Crippen molar-refractivity contribution in [1.29, 1.82) is 0 Å². The molecule has 0 aromatic heterocycles. The van der Waals surface area contributed by atoms with Gasteiger partial charge in [0.15, 0.2) is 0 Å². The molecule has 0 saturated carbocycles. The molecule has 1 saturated heterocycles. The Bertz CT molecular complexity index is 202. The number of piperazine rings is 1. The maximum atomic E-state index is 5.20.